The molecule has 0 spiro atoms. The molecule has 1 N–H and O–H groups in total. The molecule has 14 heavy (non-hydrogen) atoms. The van der Waals surface area contributed by atoms with Gasteiger partial charge in [-0.15, -0.1) is 5.16 Å². The number of hydrogen-bond acceptors (Lipinski definition) is 4. The molecule has 4 nitrogen and oxygen atoms in total. The van der Waals surface area contributed by atoms with Crippen LogP contribution in [-0.2, 0) is 9.53 Å². The third kappa shape index (κ3) is 1.13. The van der Waals surface area contributed by atoms with Gasteiger partial charge in [-0.3, -0.25) is 4.79 Å². The molecular formula is C10H15NO3. The fraction of sp³-hybridized carbons (Fsp3) is 0.800. The minimum absolute atomic E-state index is 0.0387. The number of carbonyl (C=O) groups excluding carboxylic acids is 1. The van der Waals surface area contributed by atoms with Gasteiger partial charge in [0.25, 0.3) is 0 Å². The standard InChI is InChI=1S/C10H15NO3/c1-14-8(12)10-4-2-9(6-10,3-5-10)7-11-13/h7,13H,2-6H2,1H3/b11-7-. The Bertz CT molecular complexity index is 277. The van der Waals surface area contributed by atoms with Crippen molar-refractivity contribution in [1.82, 2.24) is 0 Å². The molecule has 0 atom stereocenters. The van der Waals surface area contributed by atoms with Gasteiger partial charge in [0.05, 0.1) is 12.5 Å². The van der Waals surface area contributed by atoms with Gasteiger partial charge in [0.2, 0.25) is 0 Å². The summed E-state index contributed by atoms with van der Waals surface area (Å²) in [6.07, 6.45) is 6.00. The number of esters is 1. The number of hydrogen-bond donors (Lipinski definition) is 1. The summed E-state index contributed by atoms with van der Waals surface area (Å²) in [5.41, 5.74) is -0.321. The van der Waals surface area contributed by atoms with E-state index in [1.165, 1.54) is 7.11 Å². The Morgan fingerprint density at radius 3 is 2.57 bits per heavy atom. The molecule has 0 heterocycles. The molecule has 2 aliphatic rings. The molecule has 2 saturated carbocycles. The number of rotatable bonds is 2. The molecule has 0 unspecified atom stereocenters. The maximum Gasteiger partial charge on any atom is 0.311 e. The number of oxime groups is 1. The third-order valence-electron chi connectivity index (χ3n) is 3.84. The SMILES string of the molecule is COC(=O)C12CCC(/C=N\O)(CC1)C2. The average Bonchev–Trinajstić information content (AvgIpc) is 2.74. The summed E-state index contributed by atoms with van der Waals surface area (Å²) in [5.74, 6) is -0.0942. The summed E-state index contributed by atoms with van der Waals surface area (Å²) < 4.78 is 4.83. The number of nitrogens with zero attached hydrogens (tertiary/aromatic N) is 1. The Labute approximate surface area is 82.9 Å². The van der Waals surface area contributed by atoms with Gasteiger partial charge in [-0.05, 0) is 32.1 Å². The molecule has 0 aromatic rings. The van der Waals surface area contributed by atoms with Gasteiger partial charge in [0, 0.05) is 11.6 Å². The molecule has 0 aromatic carbocycles. The number of methoxy groups -OCH3 is 1. The molecule has 0 amide bonds. The zero-order chi connectivity index (χ0) is 10.2. The minimum atomic E-state index is -0.282. The summed E-state index contributed by atoms with van der Waals surface area (Å²) in [6.45, 7) is 0. The van der Waals surface area contributed by atoms with Crippen molar-refractivity contribution in [2.45, 2.75) is 32.1 Å². The summed E-state index contributed by atoms with van der Waals surface area (Å²) in [7, 11) is 1.44. The Hall–Kier alpha value is -1.06. The quantitative estimate of drug-likeness (QED) is 0.316. The first-order valence-corrected chi connectivity index (χ1v) is 4.93. The second-order valence-corrected chi connectivity index (χ2v) is 4.56. The molecule has 4 heteroatoms. The smallest absolute Gasteiger partial charge is 0.311 e. The molecule has 2 rings (SSSR count). The van der Waals surface area contributed by atoms with Crippen LogP contribution in [0.3, 0.4) is 0 Å². The van der Waals surface area contributed by atoms with E-state index in [9.17, 15) is 4.79 Å². The number of carbonyl (C=O) groups is 1. The molecule has 78 valence electrons. The van der Waals surface area contributed by atoms with Crippen LogP contribution in [0.25, 0.3) is 0 Å². The van der Waals surface area contributed by atoms with E-state index in [0.29, 0.717) is 0 Å². The van der Waals surface area contributed by atoms with Gasteiger partial charge in [0.15, 0.2) is 0 Å². The summed E-state index contributed by atoms with van der Waals surface area (Å²) in [4.78, 5) is 11.6. The maximum absolute atomic E-state index is 11.6. The predicted molar refractivity (Wildman–Crippen MR) is 50.2 cm³/mol. The first-order valence-electron chi connectivity index (χ1n) is 4.93. The fourth-order valence-corrected chi connectivity index (χ4v) is 3.04. The highest BCUT2D eigenvalue weighted by atomic mass is 16.5. The van der Waals surface area contributed by atoms with Crippen molar-refractivity contribution in [3.05, 3.63) is 0 Å². The van der Waals surface area contributed by atoms with Gasteiger partial charge in [-0.2, -0.15) is 0 Å². The zero-order valence-electron chi connectivity index (χ0n) is 8.32. The van der Waals surface area contributed by atoms with Crippen molar-refractivity contribution in [3.63, 3.8) is 0 Å². The maximum atomic E-state index is 11.6. The minimum Gasteiger partial charge on any atom is -0.469 e. The molecule has 0 aromatic heterocycles. The van der Waals surface area contributed by atoms with Crippen LogP contribution < -0.4 is 0 Å². The summed E-state index contributed by atoms with van der Waals surface area (Å²) >= 11 is 0. The van der Waals surface area contributed by atoms with Crippen LogP contribution in [0.15, 0.2) is 5.16 Å². The van der Waals surface area contributed by atoms with Crippen molar-refractivity contribution in [3.8, 4) is 0 Å². The highest BCUT2D eigenvalue weighted by Crippen LogP contribution is 2.61. The lowest BCUT2D eigenvalue weighted by Gasteiger charge is -2.23. The third-order valence-corrected chi connectivity index (χ3v) is 3.84. The van der Waals surface area contributed by atoms with Crippen molar-refractivity contribution >= 4 is 12.2 Å². The van der Waals surface area contributed by atoms with E-state index < -0.39 is 0 Å². The van der Waals surface area contributed by atoms with Crippen molar-refractivity contribution < 1.29 is 14.7 Å². The molecule has 2 bridgehead atoms. The molecular weight excluding hydrogens is 182 g/mol. The largest absolute Gasteiger partial charge is 0.469 e. The van der Waals surface area contributed by atoms with Crippen molar-refractivity contribution in [2.75, 3.05) is 7.11 Å². The van der Waals surface area contributed by atoms with Crippen LogP contribution in [0.1, 0.15) is 32.1 Å². The normalized spacial score (nSPS) is 40.6. The Kier molecular flexibility index (Phi) is 2.01. The first kappa shape index (κ1) is 9.49. The van der Waals surface area contributed by atoms with Crippen LogP contribution >= 0.6 is 0 Å². The van der Waals surface area contributed by atoms with Gasteiger partial charge >= 0.3 is 5.97 Å². The van der Waals surface area contributed by atoms with E-state index in [0.717, 1.165) is 32.1 Å². The Balaban J connectivity index is 2.20. The van der Waals surface area contributed by atoms with Crippen molar-refractivity contribution in [1.29, 1.82) is 0 Å². The molecule has 0 radical (unpaired) electrons. The summed E-state index contributed by atoms with van der Waals surface area (Å²) in [6, 6.07) is 0. The van der Waals surface area contributed by atoms with Crippen LogP contribution in [0.2, 0.25) is 0 Å². The van der Waals surface area contributed by atoms with Gasteiger partial charge < -0.3 is 9.94 Å². The first-order chi connectivity index (χ1) is 6.66. The van der Waals surface area contributed by atoms with Crippen LogP contribution in [0.5, 0.6) is 0 Å². The van der Waals surface area contributed by atoms with E-state index in [1.807, 2.05) is 0 Å². The molecule has 2 fully saturated rings. The lowest BCUT2D eigenvalue weighted by Crippen LogP contribution is -2.27. The average molecular weight is 197 g/mol. The fourth-order valence-electron chi connectivity index (χ4n) is 3.04. The Morgan fingerprint density at radius 2 is 2.07 bits per heavy atom. The second kappa shape index (κ2) is 2.97. The van der Waals surface area contributed by atoms with Crippen LogP contribution in [0.4, 0.5) is 0 Å². The zero-order valence-corrected chi connectivity index (χ0v) is 8.32. The van der Waals surface area contributed by atoms with E-state index >= 15 is 0 Å². The topological polar surface area (TPSA) is 58.9 Å². The predicted octanol–water partition coefficient (Wildman–Crippen LogP) is 1.57. The highest BCUT2D eigenvalue weighted by Gasteiger charge is 2.58. The van der Waals surface area contributed by atoms with Gasteiger partial charge in [-0.1, -0.05) is 0 Å². The molecule has 2 aliphatic carbocycles. The van der Waals surface area contributed by atoms with Crippen molar-refractivity contribution in [2.24, 2.45) is 16.0 Å². The van der Waals surface area contributed by atoms with Gasteiger partial charge in [0.1, 0.15) is 0 Å². The van der Waals surface area contributed by atoms with Crippen LogP contribution in [-0.4, -0.2) is 24.5 Å². The summed E-state index contributed by atoms with van der Waals surface area (Å²) in [5, 5.41) is 11.7. The van der Waals surface area contributed by atoms with E-state index in [-0.39, 0.29) is 16.8 Å². The highest BCUT2D eigenvalue weighted by molar-refractivity contribution is 5.81. The monoisotopic (exact) mass is 197 g/mol. The molecule has 0 aliphatic heterocycles. The second-order valence-electron chi connectivity index (χ2n) is 4.56. The van der Waals surface area contributed by atoms with Gasteiger partial charge in [-0.25, -0.2) is 0 Å². The Morgan fingerprint density at radius 1 is 1.43 bits per heavy atom. The van der Waals surface area contributed by atoms with E-state index in [2.05, 4.69) is 5.16 Å². The lowest BCUT2D eigenvalue weighted by atomic mass is 9.82. The van der Waals surface area contributed by atoms with E-state index in [1.54, 1.807) is 6.21 Å². The van der Waals surface area contributed by atoms with Crippen LogP contribution in [0, 0.1) is 10.8 Å². The number of fused-ring (bicyclic) bond motifs is 2. The lowest BCUT2D eigenvalue weighted by molar-refractivity contribution is -0.152. The van der Waals surface area contributed by atoms with E-state index in [4.69, 9.17) is 9.94 Å². The molecule has 0 saturated heterocycles. The number of ether oxygens (including phenoxy) is 1.